The number of hydrogen-bond donors (Lipinski definition) is 3. The van der Waals surface area contributed by atoms with E-state index >= 15 is 0 Å². The number of hydrogen-bond acceptors (Lipinski definition) is 4. The van der Waals surface area contributed by atoms with Crippen LogP contribution in [0, 0.1) is 0 Å². The number of H-pyrrole nitrogens is 1. The molecule has 0 aliphatic rings. The Hall–Kier alpha value is -0.940. The standard InChI is InChI=1S/C7H14N4O/c1-4(2)6-7(5(12)3-8)10-11-9-6/h4-5,12H,3,8H2,1-2H3,(H,9,10,11). The number of nitrogens with two attached hydrogens (primary N) is 1. The summed E-state index contributed by atoms with van der Waals surface area (Å²) in [4.78, 5) is 0. The zero-order valence-electron chi connectivity index (χ0n) is 7.28. The maximum Gasteiger partial charge on any atom is 0.116 e. The molecule has 0 spiro atoms. The van der Waals surface area contributed by atoms with Crippen molar-refractivity contribution in [2.24, 2.45) is 5.73 Å². The van der Waals surface area contributed by atoms with E-state index in [0.717, 1.165) is 5.69 Å². The van der Waals surface area contributed by atoms with Gasteiger partial charge in [0.2, 0.25) is 0 Å². The van der Waals surface area contributed by atoms with Gasteiger partial charge in [-0.2, -0.15) is 15.4 Å². The summed E-state index contributed by atoms with van der Waals surface area (Å²) in [7, 11) is 0. The van der Waals surface area contributed by atoms with E-state index in [1.54, 1.807) is 0 Å². The van der Waals surface area contributed by atoms with Crippen LogP contribution in [-0.4, -0.2) is 27.1 Å². The fraction of sp³-hybridized carbons (Fsp3) is 0.714. The van der Waals surface area contributed by atoms with Crippen LogP contribution in [0.15, 0.2) is 0 Å². The molecular weight excluding hydrogens is 156 g/mol. The van der Waals surface area contributed by atoms with E-state index < -0.39 is 6.10 Å². The van der Waals surface area contributed by atoms with Crippen molar-refractivity contribution in [1.29, 1.82) is 0 Å². The lowest BCUT2D eigenvalue weighted by atomic mass is 10.1. The van der Waals surface area contributed by atoms with Gasteiger partial charge in [0.15, 0.2) is 0 Å². The van der Waals surface area contributed by atoms with Crippen LogP contribution in [-0.2, 0) is 0 Å². The van der Waals surface area contributed by atoms with Crippen LogP contribution >= 0.6 is 0 Å². The first kappa shape index (κ1) is 9.15. The van der Waals surface area contributed by atoms with Gasteiger partial charge >= 0.3 is 0 Å². The molecule has 0 saturated heterocycles. The first-order valence-electron chi connectivity index (χ1n) is 3.95. The summed E-state index contributed by atoms with van der Waals surface area (Å²) < 4.78 is 0. The molecule has 12 heavy (non-hydrogen) atoms. The van der Waals surface area contributed by atoms with E-state index in [9.17, 15) is 5.11 Å². The quantitative estimate of drug-likeness (QED) is 0.592. The van der Waals surface area contributed by atoms with Crippen molar-refractivity contribution in [3.8, 4) is 0 Å². The number of aromatic nitrogens is 3. The molecular formula is C7H14N4O. The molecule has 1 aromatic rings. The number of aliphatic hydroxyl groups excluding tert-OH is 1. The first-order chi connectivity index (χ1) is 5.66. The molecule has 0 bridgehead atoms. The van der Waals surface area contributed by atoms with Gasteiger partial charge in [-0.3, -0.25) is 0 Å². The summed E-state index contributed by atoms with van der Waals surface area (Å²) in [6.45, 7) is 4.15. The van der Waals surface area contributed by atoms with Crippen molar-refractivity contribution in [3.63, 3.8) is 0 Å². The smallest absolute Gasteiger partial charge is 0.116 e. The number of aliphatic hydroxyl groups is 1. The molecule has 0 aromatic carbocycles. The van der Waals surface area contributed by atoms with Gasteiger partial charge in [-0.15, -0.1) is 0 Å². The highest BCUT2D eigenvalue weighted by Gasteiger charge is 2.17. The Kier molecular flexibility index (Phi) is 2.78. The van der Waals surface area contributed by atoms with Crippen molar-refractivity contribution in [2.45, 2.75) is 25.9 Å². The fourth-order valence-corrected chi connectivity index (χ4v) is 1.03. The number of nitrogens with zero attached hydrogens (tertiary/aromatic N) is 2. The van der Waals surface area contributed by atoms with E-state index in [1.165, 1.54) is 0 Å². The molecule has 1 unspecified atom stereocenters. The van der Waals surface area contributed by atoms with Crippen LogP contribution < -0.4 is 5.73 Å². The third-order valence-electron chi connectivity index (χ3n) is 1.69. The minimum absolute atomic E-state index is 0.173. The molecule has 5 nitrogen and oxygen atoms in total. The molecule has 0 saturated carbocycles. The van der Waals surface area contributed by atoms with Crippen molar-refractivity contribution < 1.29 is 5.11 Å². The second-order valence-corrected chi connectivity index (χ2v) is 3.00. The average Bonchev–Trinajstić information content (AvgIpc) is 2.50. The maximum atomic E-state index is 9.40. The van der Waals surface area contributed by atoms with Crippen LogP contribution in [0.4, 0.5) is 0 Å². The normalized spacial score (nSPS) is 13.8. The van der Waals surface area contributed by atoms with Crippen molar-refractivity contribution in [2.75, 3.05) is 6.54 Å². The van der Waals surface area contributed by atoms with Crippen LogP contribution in [0.2, 0.25) is 0 Å². The number of aromatic amines is 1. The predicted molar refractivity (Wildman–Crippen MR) is 44.5 cm³/mol. The molecule has 1 aromatic heterocycles. The second-order valence-electron chi connectivity index (χ2n) is 3.00. The van der Waals surface area contributed by atoms with Crippen LogP contribution in [0.5, 0.6) is 0 Å². The Morgan fingerprint density at radius 1 is 1.42 bits per heavy atom. The Morgan fingerprint density at radius 2 is 2.00 bits per heavy atom. The third-order valence-corrected chi connectivity index (χ3v) is 1.69. The van der Waals surface area contributed by atoms with E-state index in [0.29, 0.717) is 5.69 Å². The first-order valence-corrected chi connectivity index (χ1v) is 3.95. The molecule has 68 valence electrons. The molecule has 1 heterocycles. The van der Waals surface area contributed by atoms with Gasteiger partial charge in [0.05, 0.1) is 5.69 Å². The highest BCUT2D eigenvalue weighted by Crippen LogP contribution is 2.19. The summed E-state index contributed by atoms with van der Waals surface area (Å²) in [6, 6.07) is 0. The molecule has 0 amide bonds. The van der Waals surface area contributed by atoms with Gasteiger partial charge in [0.1, 0.15) is 11.8 Å². The second kappa shape index (κ2) is 3.64. The van der Waals surface area contributed by atoms with E-state index in [-0.39, 0.29) is 12.5 Å². The van der Waals surface area contributed by atoms with Gasteiger partial charge in [-0.05, 0) is 5.92 Å². The monoisotopic (exact) mass is 170 g/mol. The van der Waals surface area contributed by atoms with Crippen LogP contribution in [0.25, 0.3) is 0 Å². The maximum absolute atomic E-state index is 9.40. The zero-order valence-corrected chi connectivity index (χ0v) is 7.28. The Balaban J connectivity index is 2.91. The molecule has 0 radical (unpaired) electrons. The summed E-state index contributed by atoms with van der Waals surface area (Å²) in [6.07, 6.45) is -0.707. The minimum atomic E-state index is -0.707. The fourth-order valence-electron chi connectivity index (χ4n) is 1.03. The van der Waals surface area contributed by atoms with Gasteiger partial charge in [-0.25, -0.2) is 0 Å². The van der Waals surface area contributed by atoms with Gasteiger partial charge in [0.25, 0.3) is 0 Å². The largest absolute Gasteiger partial charge is 0.385 e. The molecule has 0 aliphatic carbocycles. The van der Waals surface area contributed by atoms with Crippen molar-refractivity contribution in [1.82, 2.24) is 15.4 Å². The lowest BCUT2D eigenvalue weighted by Gasteiger charge is -2.07. The summed E-state index contributed by atoms with van der Waals surface area (Å²) in [5.41, 5.74) is 6.65. The van der Waals surface area contributed by atoms with E-state index in [2.05, 4.69) is 15.4 Å². The van der Waals surface area contributed by atoms with Crippen molar-refractivity contribution >= 4 is 0 Å². The zero-order chi connectivity index (χ0) is 9.14. The summed E-state index contributed by atoms with van der Waals surface area (Å²) in [5.74, 6) is 0.250. The highest BCUT2D eigenvalue weighted by atomic mass is 16.3. The number of rotatable bonds is 3. The van der Waals surface area contributed by atoms with E-state index in [4.69, 9.17) is 5.73 Å². The Morgan fingerprint density at radius 3 is 2.50 bits per heavy atom. The molecule has 4 N–H and O–H groups in total. The SMILES string of the molecule is CC(C)c1n[nH]nc1C(O)CN. The lowest BCUT2D eigenvalue weighted by molar-refractivity contribution is 0.180. The van der Waals surface area contributed by atoms with Gasteiger partial charge in [-0.1, -0.05) is 13.8 Å². The van der Waals surface area contributed by atoms with E-state index in [1.807, 2.05) is 13.8 Å². The predicted octanol–water partition coefficient (Wildman–Crippen LogP) is -0.0798. The van der Waals surface area contributed by atoms with Crippen molar-refractivity contribution in [3.05, 3.63) is 11.4 Å². The van der Waals surface area contributed by atoms with Crippen LogP contribution in [0.3, 0.4) is 0 Å². The van der Waals surface area contributed by atoms with Gasteiger partial charge < -0.3 is 10.8 Å². The minimum Gasteiger partial charge on any atom is -0.385 e. The Bertz CT molecular complexity index is 245. The molecule has 0 aliphatic heterocycles. The van der Waals surface area contributed by atoms with Gasteiger partial charge in [0, 0.05) is 6.54 Å². The summed E-state index contributed by atoms with van der Waals surface area (Å²) in [5, 5.41) is 19.7. The number of nitrogens with one attached hydrogen (secondary N) is 1. The summed E-state index contributed by atoms with van der Waals surface area (Å²) >= 11 is 0. The molecule has 1 atom stereocenters. The molecule has 1 rings (SSSR count). The third kappa shape index (κ3) is 1.62. The van der Waals surface area contributed by atoms with Crippen LogP contribution in [0.1, 0.15) is 37.3 Å². The lowest BCUT2D eigenvalue weighted by Crippen LogP contribution is -2.14. The average molecular weight is 170 g/mol. The Labute approximate surface area is 71.0 Å². The molecule has 5 heteroatoms. The highest BCUT2D eigenvalue weighted by molar-refractivity contribution is 5.15. The topological polar surface area (TPSA) is 87.8 Å². The molecule has 0 fully saturated rings.